The fourth-order valence-corrected chi connectivity index (χ4v) is 3.61. The first-order valence-corrected chi connectivity index (χ1v) is 7.53. The van der Waals surface area contributed by atoms with Crippen LogP contribution in [0, 0.1) is 5.92 Å². The number of benzene rings is 1. The van der Waals surface area contributed by atoms with Crippen molar-refractivity contribution in [2.75, 3.05) is 20.1 Å². The smallest absolute Gasteiger partial charge is 0.0764 e. The van der Waals surface area contributed by atoms with Crippen LogP contribution in [0.15, 0.2) is 30.5 Å². The van der Waals surface area contributed by atoms with Crippen LogP contribution in [0.4, 0.5) is 0 Å². The fourth-order valence-electron chi connectivity index (χ4n) is 3.40. The van der Waals surface area contributed by atoms with Gasteiger partial charge in [0, 0.05) is 22.6 Å². The third-order valence-electron chi connectivity index (χ3n) is 4.38. The van der Waals surface area contributed by atoms with Crippen LogP contribution < -0.4 is 5.73 Å². The maximum Gasteiger partial charge on any atom is 0.0764 e. The monoisotopic (exact) mass is 289 g/mol. The summed E-state index contributed by atoms with van der Waals surface area (Å²) in [6.07, 6.45) is 4.23. The van der Waals surface area contributed by atoms with Gasteiger partial charge in [0.2, 0.25) is 0 Å². The predicted octanol–water partition coefficient (Wildman–Crippen LogP) is 3.23. The minimum Gasteiger partial charge on any atom is -0.330 e. The van der Waals surface area contributed by atoms with Gasteiger partial charge in [0.15, 0.2) is 0 Å². The Morgan fingerprint density at radius 3 is 3.05 bits per heavy atom. The van der Waals surface area contributed by atoms with E-state index in [1.54, 1.807) is 0 Å². The zero-order valence-corrected chi connectivity index (χ0v) is 12.5. The van der Waals surface area contributed by atoms with E-state index in [4.69, 9.17) is 17.3 Å². The van der Waals surface area contributed by atoms with E-state index in [2.05, 4.69) is 23.0 Å². The summed E-state index contributed by atoms with van der Waals surface area (Å²) in [6, 6.07) is 8.41. The summed E-state index contributed by atoms with van der Waals surface area (Å²) in [7, 11) is 2.18. The Morgan fingerprint density at radius 1 is 1.40 bits per heavy atom. The Bertz CT molecular complexity index is 614. The topological polar surface area (TPSA) is 42.1 Å². The average molecular weight is 290 g/mol. The first-order valence-electron chi connectivity index (χ1n) is 7.16. The lowest BCUT2D eigenvalue weighted by Gasteiger charge is -2.39. The van der Waals surface area contributed by atoms with Gasteiger partial charge in [-0.05, 0) is 62.7 Å². The number of pyridine rings is 1. The first kappa shape index (κ1) is 13.8. The minimum atomic E-state index is 0.336. The van der Waals surface area contributed by atoms with Crippen LogP contribution in [0.2, 0.25) is 5.02 Å². The molecule has 0 amide bonds. The van der Waals surface area contributed by atoms with Crippen molar-refractivity contribution >= 4 is 22.5 Å². The van der Waals surface area contributed by atoms with Gasteiger partial charge in [-0.3, -0.25) is 9.88 Å². The highest BCUT2D eigenvalue weighted by molar-refractivity contribution is 6.35. The van der Waals surface area contributed by atoms with E-state index in [1.165, 1.54) is 18.4 Å². The molecule has 2 atom stereocenters. The quantitative estimate of drug-likeness (QED) is 0.923. The normalized spacial score (nSPS) is 24.1. The van der Waals surface area contributed by atoms with E-state index in [-0.39, 0.29) is 0 Å². The molecular weight excluding hydrogens is 270 g/mol. The second-order valence-corrected chi connectivity index (χ2v) is 6.01. The number of aromatic nitrogens is 1. The van der Waals surface area contributed by atoms with E-state index in [0.717, 1.165) is 22.5 Å². The summed E-state index contributed by atoms with van der Waals surface area (Å²) in [6.45, 7) is 1.82. The maximum absolute atomic E-state index is 6.30. The Morgan fingerprint density at radius 2 is 2.25 bits per heavy atom. The number of nitrogens with zero attached hydrogens (tertiary/aromatic N) is 2. The van der Waals surface area contributed by atoms with Gasteiger partial charge in [-0.2, -0.15) is 0 Å². The van der Waals surface area contributed by atoms with Gasteiger partial charge in [-0.25, -0.2) is 0 Å². The van der Waals surface area contributed by atoms with Gasteiger partial charge in [-0.15, -0.1) is 0 Å². The standard InChI is InChI=1S/C16H20ClN3/c1-20-9-3-4-11(10-18)16(20)13-6-7-14(17)12-5-2-8-19-15(12)13/h2,5-8,11,16H,3-4,9-10,18H2,1H3. The van der Waals surface area contributed by atoms with Gasteiger partial charge in [0.05, 0.1) is 5.52 Å². The van der Waals surface area contributed by atoms with Crippen LogP contribution in [0.5, 0.6) is 0 Å². The summed E-state index contributed by atoms with van der Waals surface area (Å²) >= 11 is 6.30. The molecular formula is C16H20ClN3. The van der Waals surface area contributed by atoms with Crippen molar-refractivity contribution in [3.05, 3.63) is 41.0 Å². The lowest BCUT2D eigenvalue weighted by molar-refractivity contribution is 0.126. The highest BCUT2D eigenvalue weighted by Gasteiger charge is 2.31. The number of piperidine rings is 1. The van der Waals surface area contributed by atoms with Crippen LogP contribution in [0.25, 0.3) is 10.9 Å². The molecule has 0 bridgehead atoms. The molecule has 1 saturated heterocycles. The molecule has 2 unspecified atom stereocenters. The molecule has 106 valence electrons. The molecule has 1 aliphatic heterocycles. The van der Waals surface area contributed by atoms with Crippen molar-refractivity contribution in [2.24, 2.45) is 11.7 Å². The third-order valence-corrected chi connectivity index (χ3v) is 4.71. The van der Waals surface area contributed by atoms with Crippen LogP contribution in [0.1, 0.15) is 24.4 Å². The number of hydrogen-bond donors (Lipinski definition) is 1. The van der Waals surface area contributed by atoms with E-state index < -0.39 is 0 Å². The molecule has 1 aromatic carbocycles. The van der Waals surface area contributed by atoms with Gasteiger partial charge in [0.25, 0.3) is 0 Å². The van der Waals surface area contributed by atoms with E-state index >= 15 is 0 Å². The van der Waals surface area contributed by atoms with Crippen molar-refractivity contribution in [1.82, 2.24) is 9.88 Å². The number of likely N-dealkylation sites (tertiary alicyclic amines) is 1. The highest BCUT2D eigenvalue weighted by atomic mass is 35.5. The second kappa shape index (κ2) is 5.68. The highest BCUT2D eigenvalue weighted by Crippen LogP contribution is 2.38. The molecule has 2 N–H and O–H groups in total. The molecule has 0 spiro atoms. The zero-order valence-electron chi connectivity index (χ0n) is 11.7. The molecule has 0 saturated carbocycles. The molecule has 3 nitrogen and oxygen atoms in total. The van der Waals surface area contributed by atoms with Crippen molar-refractivity contribution < 1.29 is 0 Å². The van der Waals surface area contributed by atoms with Crippen molar-refractivity contribution in [3.8, 4) is 0 Å². The number of rotatable bonds is 2. The number of hydrogen-bond acceptors (Lipinski definition) is 3. The number of halogens is 1. The lowest BCUT2D eigenvalue weighted by atomic mass is 9.84. The molecule has 2 heterocycles. The maximum atomic E-state index is 6.30. The Balaban J connectivity index is 2.15. The second-order valence-electron chi connectivity index (χ2n) is 5.60. The van der Waals surface area contributed by atoms with Crippen LogP contribution in [-0.4, -0.2) is 30.0 Å². The van der Waals surface area contributed by atoms with Gasteiger partial charge in [-0.1, -0.05) is 17.7 Å². The molecule has 20 heavy (non-hydrogen) atoms. The summed E-state index contributed by atoms with van der Waals surface area (Å²) < 4.78 is 0. The van der Waals surface area contributed by atoms with Crippen LogP contribution in [0.3, 0.4) is 0 Å². The average Bonchev–Trinajstić information content (AvgIpc) is 2.48. The summed E-state index contributed by atoms with van der Waals surface area (Å²) in [5.74, 6) is 0.486. The van der Waals surface area contributed by atoms with E-state index in [9.17, 15) is 0 Å². The van der Waals surface area contributed by atoms with Crippen molar-refractivity contribution in [2.45, 2.75) is 18.9 Å². The number of nitrogens with two attached hydrogens (primary N) is 1. The predicted molar refractivity (Wildman–Crippen MR) is 83.9 cm³/mol. The lowest BCUT2D eigenvalue weighted by Crippen LogP contribution is -2.39. The van der Waals surface area contributed by atoms with Gasteiger partial charge >= 0.3 is 0 Å². The minimum absolute atomic E-state index is 0.336. The summed E-state index contributed by atoms with van der Waals surface area (Å²) in [5.41, 5.74) is 8.26. The van der Waals surface area contributed by atoms with Gasteiger partial charge in [0.1, 0.15) is 0 Å². The fraction of sp³-hybridized carbons (Fsp3) is 0.438. The van der Waals surface area contributed by atoms with Crippen molar-refractivity contribution in [3.63, 3.8) is 0 Å². The molecule has 0 aliphatic carbocycles. The molecule has 0 radical (unpaired) electrons. The molecule has 1 aliphatic rings. The van der Waals surface area contributed by atoms with E-state index in [1.807, 2.05) is 24.4 Å². The third kappa shape index (κ3) is 2.30. The van der Waals surface area contributed by atoms with Crippen molar-refractivity contribution in [1.29, 1.82) is 0 Å². The molecule has 3 rings (SSSR count). The van der Waals surface area contributed by atoms with Gasteiger partial charge < -0.3 is 5.73 Å². The van der Waals surface area contributed by atoms with Crippen LogP contribution >= 0.6 is 11.6 Å². The summed E-state index contributed by atoms with van der Waals surface area (Å²) in [5, 5.41) is 1.79. The SMILES string of the molecule is CN1CCCC(CN)C1c1ccc(Cl)c2cccnc12. The number of fused-ring (bicyclic) bond motifs is 1. The zero-order chi connectivity index (χ0) is 14.1. The first-order chi connectivity index (χ1) is 9.72. The summed E-state index contributed by atoms with van der Waals surface area (Å²) in [4.78, 5) is 6.97. The molecule has 1 aromatic heterocycles. The molecule has 2 aromatic rings. The Labute approximate surface area is 124 Å². The molecule has 4 heteroatoms. The van der Waals surface area contributed by atoms with Crippen LogP contribution in [-0.2, 0) is 0 Å². The Hall–Kier alpha value is -1.16. The van der Waals surface area contributed by atoms with E-state index in [0.29, 0.717) is 18.5 Å². The largest absolute Gasteiger partial charge is 0.330 e. The molecule has 1 fully saturated rings. The Kier molecular flexibility index (Phi) is 3.92.